The molecule has 0 unspecified atom stereocenters. The summed E-state index contributed by atoms with van der Waals surface area (Å²) in [5.74, 6) is -0.307. The molecule has 0 radical (unpaired) electrons. The SMILES string of the molecule is O=C(/C=C/c1cn(Cc2ccccc2)nn1)NNC(=S)NC1CCCC1. The first-order chi connectivity index (χ1) is 12.7. The van der Waals surface area contributed by atoms with Crippen molar-refractivity contribution in [3.63, 3.8) is 0 Å². The lowest BCUT2D eigenvalue weighted by Gasteiger charge is -2.15. The molecule has 1 heterocycles. The molecule has 1 aromatic carbocycles. The lowest BCUT2D eigenvalue weighted by Crippen LogP contribution is -2.48. The summed E-state index contributed by atoms with van der Waals surface area (Å²) in [6.07, 6.45) is 9.47. The van der Waals surface area contributed by atoms with Crippen LogP contribution >= 0.6 is 12.2 Å². The van der Waals surface area contributed by atoms with E-state index in [2.05, 4.69) is 26.5 Å². The first-order valence-electron chi connectivity index (χ1n) is 8.68. The Morgan fingerprint density at radius 3 is 2.77 bits per heavy atom. The average molecular weight is 370 g/mol. The number of amides is 1. The van der Waals surface area contributed by atoms with E-state index in [4.69, 9.17) is 12.2 Å². The minimum absolute atomic E-state index is 0.307. The minimum atomic E-state index is -0.307. The summed E-state index contributed by atoms with van der Waals surface area (Å²) in [6, 6.07) is 10.4. The average Bonchev–Trinajstić information content (AvgIpc) is 3.31. The second-order valence-corrected chi connectivity index (χ2v) is 6.64. The van der Waals surface area contributed by atoms with Crippen molar-refractivity contribution in [2.24, 2.45) is 0 Å². The number of hydrogen-bond acceptors (Lipinski definition) is 4. The number of nitrogens with one attached hydrogen (secondary N) is 3. The third-order valence-electron chi connectivity index (χ3n) is 4.14. The van der Waals surface area contributed by atoms with E-state index < -0.39 is 0 Å². The number of hydrogen-bond donors (Lipinski definition) is 3. The smallest absolute Gasteiger partial charge is 0.262 e. The van der Waals surface area contributed by atoms with Crippen molar-refractivity contribution in [2.45, 2.75) is 38.3 Å². The fourth-order valence-electron chi connectivity index (χ4n) is 2.85. The van der Waals surface area contributed by atoms with E-state index in [1.165, 1.54) is 18.9 Å². The molecule has 1 amide bonds. The lowest BCUT2D eigenvalue weighted by molar-refractivity contribution is -0.116. The molecule has 3 N–H and O–H groups in total. The Morgan fingerprint density at radius 2 is 2.00 bits per heavy atom. The second kappa shape index (κ2) is 9.10. The van der Waals surface area contributed by atoms with Crippen LogP contribution in [0, 0.1) is 0 Å². The van der Waals surface area contributed by atoms with Crippen LogP contribution in [-0.4, -0.2) is 32.1 Å². The summed E-state index contributed by atoms with van der Waals surface area (Å²) < 4.78 is 1.73. The highest BCUT2D eigenvalue weighted by molar-refractivity contribution is 7.80. The van der Waals surface area contributed by atoms with Gasteiger partial charge in [-0.3, -0.25) is 15.6 Å². The van der Waals surface area contributed by atoms with E-state index in [1.807, 2.05) is 30.3 Å². The Balaban J connectivity index is 1.42. The molecule has 0 atom stereocenters. The quantitative estimate of drug-likeness (QED) is 0.423. The van der Waals surface area contributed by atoms with E-state index in [9.17, 15) is 4.79 Å². The number of thiocarbonyl (C=S) groups is 1. The van der Waals surface area contributed by atoms with Gasteiger partial charge in [-0.1, -0.05) is 48.4 Å². The predicted octanol–water partition coefficient (Wildman–Crippen LogP) is 1.78. The van der Waals surface area contributed by atoms with Crippen LogP contribution in [-0.2, 0) is 11.3 Å². The molecule has 7 nitrogen and oxygen atoms in total. The zero-order valence-electron chi connectivity index (χ0n) is 14.4. The summed E-state index contributed by atoms with van der Waals surface area (Å²) in [6.45, 7) is 0.635. The number of nitrogens with zero attached hydrogens (tertiary/aromatic N) is 3. The predicted molar refractivity (Wildman–Crippen MR) is 104 cm³/mol. The zero-order chi connectivity index (χ0) is 18.2. The maximum atomic E-state index is 11.9. The van der Waals surface area contributed by atoms with Gasteiger partial charge in [-0.15, -0.1) is 5.10 Å². The van der Waals surface area contributed by atoms with Gasteiger partial charge in [0.2, 0.25) is 0 Å². The standard InChI is InChI=1S/C18H22N6OS/c25-17(21-22-18(26)19-15-8-4-5-9-15)11-10-16-13-24(23-20-16)12-14-6-2-1-3-7-14/h1-3,6-7,10-11,13,15H,4-5,8-9,12H2,(H,21,25)(H2,19,22,26)/b11-10+. The summed E-state index contributed by atoms with van der Waals surface area (Å²) >= 11 is 5.17. The highest BCUT2D eigenvalue weighted by atomic mass is 32.1. The van der Waals surface area contributed by atoms with Crippen molar-refractivity contribution in [3.05, 3.63) is 53.9 Å². The molecular weight excluding hydrogens is 348 g/mol. The van der Waals surface area contributed by atoms with Crippen LogP contribution in [0.25, 0.3) is 6.08 Å². The van der Waals surface area contributed by atoms with E-state index in [0.717, 1.165) is 18.4 Å². The van der Waals surface area contributed by atoms with Crippen LogP contribution in [0.1, 0.15) is 36.9 Å². The van der Waals surface area contributed by atoms with Crippen LogP contribution in [0.3, 0.4) is 0 Å². The molecule has 0 spiro atoms. The monoisotopic (exact) mass is 370 g/mol. The third-order valence-corrected chi connectivity index (χ3v) is 4.36. The molecular formula is C18H22N6OS. The van der Waals surface area contributed by atoms with Crippen molar-refractivity contribution in [1.29, 1.82) is 0 Å². The van der Waals surface area contributed by atoms with Gasteiger partial charge >= 0.3 is 0 Å². The number of carbonyl (C=O) groups is 1. The van der Waals surface area contributed by atoms with Crippen LogP contribution < -0.4 is 16.2 Å². The fourth-order valence-corrected chi connectivity index (χ4v) is 3.07. The van der Waals surface area contributed by atoms with Gasteiger partial charge in [0.15, 0.2) is 5.11 Å². The number of benzene rings is 1. The molecule has 0 aliphatic heterocycles. The van der Waals surface area contributed by atoms with Crippen molar-refractivity contribution in [2.75, 3.05) is 0 Å². The van der Waals surface area contributed by atoms with Gasteiger partial charge < -0.3 is 5.32 Å². The van der Waals surface area contributed by atoms with E-state index in [1.54, 1.807) is 17.0 Å². The lowest BCUT2D eigenvalue weighted by atomic mass is 10.2. The van der Waals surface area contributed by atoms with E-state index in [-0.39, 0.29) is 5.91 Å². The summed E-state index contributed by atoms with van der Waals surface area (Å²) in [5, 5.41) is 11.7. The normalized spacial score (nSPS) is 14.5. The second-order valence-electron chi connectivity index (χ2n) is 6.23. The Hall–Kier alpha value is -2.74. The van der Waals surface area contributed by atoms with E-state index in [0.29, 0.717) is 23.4 Å². The molecule has 1 aliphatic carbocycles. The Labute approximate surface area is 157 Å². The van der Waals surface area contributed by atoms with Gasteiger partial charge in [0.25, 0.3) is 5.91 Å². The van der Waals surface area contributed by atoms with Gasteiger partial charge in [-0.25, -0.2) is 4.68 Å². The number of hydrazine groups is 1. The zero-order valence-corrected chi connectivity index (χ0v) is 15.2. The molecule has 136 valence electrons. The van der Waals surface area contributed by atoms with Crippen molar-refractivity contribution in [1.82, 2.24) is 31.2 Å². The molecule has 2 aromatic rings. The molecule has 3 rings (SSSR count). The third kappa shape index (κ3) is 5.66. The van der Waals surface area contributed by atoms with Gasteiger partial charge in [-0.2, -0.15) is 0 Å². The van der Waals surface area contributed by atoms with Crippen molar-refractivity contribution >= 4 is 29.3 Å². The molecule has 0 bridgehead atoms. The molecule has 1 aliphatic rings. The van der Waals surface area contributed by atoms with Gasteiger partial charge in [-0.05, 0) is 36.7 Å². The van der Waals surface area contributed by atoms with Crippen LogP contribution in [0.15, 0.2) is 42.6 Å². The Bertz CT molecular complexity index is 767. The molecule has 0 saturated heterocycles. The fraction of sp³-hybridized carbons (Fsp3) is 0.333. The first-order valence-corrected chi connectivity index (χ1v) is 9.08. The minimum Gasteiger partial charge on any atom is -0.359 e. The molecule has 1 aromatic heterocycles. The molecule has 26 heavy (non-hydrogen) atoms. The topological polar surface area (TPSA) is 83.9 Å². The Morgan fingerprint density at radius 1 is 1.23 bits per heavy atom. The highest BCUT2D eigenvalue weighted by Gasteiger charge is 2.15. The number of rotatable bonds is 5. The molecule has 1 saturated carbocycles. The van der Waals surface area contributed by atoms with Crippen molar-refractivity contribution < 1.29 is 4.79 Å². The molecule has 8 heteroatoms. The maximum absolute atomic E-state index is 11.9. The number of aromatic nitrogens is 3. The Kier molecular flexibility index (Phi) is 6.32. The summed E-state index contributed by atoms with van der Waals surface area (Å²) in [7, 11) is 0. The summed E-state index contributed by atoms with van der Waals surface area (Å²) in [5.41, 5.74) is 7.00. The summed E-state index contributed by atoms with van der Waals surface area (Å²) in [4.78, 5) is 11.9. The van der Waals surface area contributed by atoms with E-state index >= 15 is 0 Å². The maximum Gasteiger partial charge on any atom is 0.262 e. The van der Waals surface area contributed by atoms with Gasteiger partial charge in [0, 0.05) is 12.1 Å². The largest absolute Gasteiger partial charge is 0.359 e. The molecule has 1 fully saturated rings. The first kappa shape index (κ1) is 18.1. The van der Waals surface area contributed by atoms with Crippen molar-refractivity contribution in [3.8, 4) is 0 Å². The number of carbonyl (C=O) groups excluding carboxylic acids is 1. The van der Waals surface area contributed by atoms with Crippen LogP contribution in [0.4, 0.5) is 0 Å². The van der Waals surface area contributed by atoms with Crippen LogP contribution in [0.2, 0.25) is 0 Å². The highest BCUT2D eigenvalue weighted by Crippen LogP contribution is 2.17. The van der Waals surface area contributed by atoms with Gasteiger partial charge in [0.05, 0.1) is 12.7 Å². The van der Waals surface area contributed by atoms with Gasteiger partial charge in [0.1, 0.15) is 5.69 Å². The van der Waals surface area contributed by atoms with Crippen LogP contribution in [0.5, 0.6) is 0 Å².